The summed E-state index contributed by atoms with van der Waals surface area (Å²) in [6, 6.07) is 10.4. The first kappa shape index (κ1) is 15.4. The van der Waals surface area contributed by atoms with Crippen molar-refractivity contribution in [2.24, 2.45) is 0 Å². The number of sulfone groups is 1. The van der Waals surface area contributed by atoms with Crippen LogP contribution in [0.2, 0.25) is 0 Å². The van der Waals surface area contributed by atoms with Gasteiger partial charge in [-0.05, 0) is 23.8 Å². The maximum absolute atomic E-state index is 12.2. The van der Waals surface area contributed by atoms with Crippen molar-refractivity contribution >= 4 is 9.84 Å². The lowest BCUT2D eigenvalue weighted by Gasteiger charge is -2.06. The van der Waals surface area contributed by atoms with E-state index in [0.29, 0.717) is 22.2 Å². The molecule has 118 valence electrons. The molecule has 2 aromatic heterocycles. The first-order chi connectivity index (χ1) is 11.1. The molecule has 0 radical (unpaired) electrons. The predicted molar refractivity (Wildman–Crippen MR) is 84.5 cm³/mol. The number of hydrogen-bond donors (Lipinski definition) is 0. The zero-order valence-electron chi connectivity index (χ0n) is 12.5. The fraction of sp³-hybridized carbons (Fsp3) is 0.188. The molecule has 23 heavy (non-hydrogen) atoms. The van der Waals surface area contributed by atoms with Gasteiger partial charge in [-0.1, -0.05) is 30.3 Å². The van der Waals surface area contributed by atoms with Crippen LogP contribution in [0.1, 0.15) is 18.4 Å². The molecule has 0 aliphatic rings. The molecule has 0 atom stereocenters. The van der Waals surface area contributed by atoms with Gasteiger partial charge in [0.1, 0.15) is 0 Å². The first-order valence-electron chi connectivity index (χ1n) is 7.14. The molecule has 3 rings (SSSR count). The summed E-state index contributed by atoms with van der Waals surface area (Å²) in [4.78, 5) is 8.58. The van der Waals surface area contributed by atoms with E-state index in [0.717, 1.165) is 5.56 Å². The van der Waals surface area contributed by atoms with Gasteiger partial charge < -0.3 is 4.52 Å². The molecule has 0 amide bonds. The Morgan fingerprint density at radius 1 is 1.09 bits per heavy atom. The number of hydrogen-bond acceptors (Lipinski definition) is 6. The number of benzene rings is 1. The van der Waals surface area contributed by atoms with Crippen molar-refractivity contribution in [1.82, 2.24) is 15.1 Å². The van der Waals surface area contributed by atoms with Gasteiger partial charge in [0.25, 0.3) is 0 Å². The van der Waals surface area contributed by atoms with Crippen LogP contribution in [0.25, 0.3) is 11.4 Å². The largest absolute Gasteiger partial charge is 0.339 e. The third-order valence-electron chi connectivity index (χ3n) is 3.44. The summed E-state index contributed by atoms with van der Waals surface area (Å²) in [7, 11) is -3.29. The van der Waals surface area contributed by atoms with Gasteiger partial charge in [-0.25, -0.2) is 8.42 Å². The van der Waals surface area contributed by atoms with Crippen LogP contribution in [0, 0.1) is 0 Å². The Bertz CT molecular complexity index is 905. The van der Waals surface area contributed by atoms with Crippen LogP contribution in [-0.4, -0.2) is 29.3 Å². The number of aromatic nitrogens is 3. The molecular weight excluding hydrogens is 314 g/mol. The van der Waals surface area contributed by atoms with E-state index >= 15 is 0 Å². The molecule has 0 saturated heterocycles. The van der Waals surface area contributed by atoms with Gasteiger partial charge in [0.05, 0.1) is 17.1 Å². The van der Waals surface area contributed by atoms with E-state index in [2.05, 4.69) is 15.1 Å². The Morgan fingerprint density at radius 2 is 1.83 bits per heavy atom. The normalized spacial score (nSPS) is 11.5. The summed E-state index contributed by atoms with van der Waals surface area (Å²) in [5.74, 6) is 0.879. The van der Waals surface area contributed by atoms with Crippen molar-refractivity contribution in [2.75, 3.05) is 5.75 Å². The van der Waals surface area contributed by atoms with Crippen molar-refractivity contribution in [2.45, 2.75) is 18.2 Å². The molecule has 7 heteroatoms. The summed E-state index contributed by atoms with van der Waals surface area (Å²) < 4.78 is 29.6. The summed E-state index contributed by atoms with van der Waals surface area (Å²) in [5.41, 5.74) is 1.45. The van der Waals surface area contributed by atoms with E-state index < -0.39 is 9.84 Å². The van der Waals surface area contributed by atoms with Crippen LogP contribution in [0.4, 0.5) is 0 Å². The predicted octanol–water partition coefficient (Wildman–Crippen LogP) is 2.52. The van der Waals surface area contributed by atoms with Gasteiger partial charge in [-0.3, -0.25) is 4.98 Å². The standard InChI is InChI=1S/C16H15N3O3S/c1-2-23(20,21)14-6-4-3-5-13(14)11-15-18-16(19-22-15)12-7-9-17-10-8-12/h3-10H,2,11H2,1H3. The Hall–Kier alpha value is -2.54. The van der Waals surface area contributed by atoms with E-state index in [1.54, 1.807) is 55.7 Å². The summed E-state index contributed by atoms with van der Waals surface area (Å²) in [6.45, 7) is 1.63. The summed E-state index contributed by atoms with van der Waals surface area (Å²) in [5, 5.41) is 3.93. The molecule has 6 nitrogen and oxygen atoms in total. The lowest BCUT2D eigenvalue weighted by molar-refractivity contribution is 0.385. The average molecular weight is 329 g/mol. The molecule has 0 aliphatic heterocycles. The summed E-state index contributed by atoms with van der Waals surface area (Å²) >= 11 is 0. The highest BCUT2D eigenvalue weighted by Crippen LogP contribution is 2.21. The Labute approximate surface area is 134 Å². The van der Waals surface area contributed by atoms with Gasteiger partial charge in [-0.15, -0.1) is 0 Å². The monoisotopic (exact) mass is 329 g/mol. The molecule has 0 saturated carbocycles. The zero-order valence-corrected chi connectivity index (χ0v) is 13.3. The highest BCUT2D eigenvalue weighted by molar-refractivity contribution is 7.91. The molecule has 1 aromatic carbocycles. The second kappa shape index (κ2) is 6.29. The maximum Gasteiger partial charge on any atom is 0.231 e. The smallest absolute Gasteiger partial charge is 0.231 e. The van der Waals surface area contributed by atoms with E-state index in [4.69, 9.17) is 4.52 Å². The number of nitrogens with zero attached hydrogens (tertiary/aromatic N) is 3. The second-order valence-electron chi connectivity index (χ2n) is 4.94. The molecule has 3 aromatic rings. The lowest BCUT2D eigenvalue weighted by Crippen LogP contribution is -2.07. The van der Waals surface area contributed by atoms with Crippen LogP contribution < -0.4 is 0 Å². The van der Waals surface area contributed by atoms with Gasteiger partial charge in [-0.2, -0.15) is 4.98 Å². The number of rotatable bonds is 5. The van der Waals surface area contributed by atoms with Crippen LogP contribution in [-0.2, 0) is 16.3 Å². The van der Waals surface area contributed by atoms with E-state index in [1.807, 2.05) is 0 Å². The SMILES string of the molecule is CCS(=O)(=O)c1ccccc1Cc1nc(-c2ccncc2)no1. The maximum atomic E-state index is 12.2. The molecule has 0 N–H and O–H groups in total. The minimum Gasteiger partial charge on any atom is -0.339 e. The van der Waals surface area contributed by atoms with Crippen LogP contribution in [0.5, 0.6) is 0 Å². The quantitative estimate of drug-likeness (QED) is 0.715. The van der Waals surface area contributed by atoms with Crippen LogP contribution >= 0.6 is 0 Å². The van der Waals surface area contributed by atoms with E-state index in [1.165, 1.54) is 0 Å². The van der Waals surface area contributed by atoms with Crippen molar-refractivity contribution < 1.29 is 12.9 Å². The zero-order chi connectivity index (χ0) is 16.3. The van der Waals surface area contributed by atoms with Gasteiger partial charge in [0, 0.05) is 18.0 Å². The Kier molecular flexibility index (Phi) is 4.20. The average Bonchev–Trinajstić information content (AvgIpc) is 3.04. The molecule has 0 aliphatic carbocycles. The van der Waals surface area contributed by atoms with Crippen LogP contribution in [0.15, 0.2) is 58.2 Å². The minimum absolute atomic E-state index is 0.0517. The van der Waals surface area contributed by atoms with Crippen LogP contribution in [0.3, 0.4) is 0 Å². The highest BCUT2D eigenvalue weighted by Gasteiger charge is 2.18. The number of pyridine rings is 1. The molecular formula is C16H15N3O3S. The second-order valence-corrected chi connectivity index (χ2v) is 7.18. The van der Waals surface area contributed by atoms with E-state index in [9.17, 15) is 8.42 Å². The fourth-order valence-corrected chi connectivity index (χ4v) is 3.35. The van der Waals surface area contributed by atoms with Gasteiger partial charge >= 0.3 is 0 Å². The lowest BCUT2D eigenvalue weighted by atomic mass is 10.1. The van der Waals surface area contributed by atoms with Crippen molar-refractivity contribution in [1.29, 1.82) is 0 Å². The fourth-order valence-electron chi connectivity index (χ4n) is 2.22. The topological polar surface area (TPSA) is 86.0 Å². The van der Waals surface area contributed by atoms with Crippen molar-refractivity contribution in [3.05, 3.63) is 60.2 Å². The van der Waals surface area contributed by atoms with Gasteiger partial charge in [0.15, 0.2) is 9.84 Å². The molecule has 2 heterocycles. The molecule has 0 bridgehead atoms. The third kappa shape index (κ3) is 3.29. The molecule has 0 unspecified atom stereocenters. The first-order valence-corrected chi connectivity index (χ1v) is 8.79. The minimum atomic E-state index is -3.29. The summed E-state index contributed by atoms with van der Waals surface area (Å²) in [6.07, 6.45) is 3.57. The highest BCUT2D eigenvalue weighted by atomic mass is 32.2. The van der Waals surface area contributed by atoms with Gasteiger partial charge in [0.2, 0.25) is 11.7 Å². The Morgan fingerprint density at radius 3 is 2.57 bits per heavy atom. The van der Waals surface area contributed by atoms with Crippen molar-refractivity contribution in [3.8, 4) is 11.4 Å². The molecule has 0 fully saturated rings. The Balaban J connectivity index is 1.91. The third-order valence-corrected chi connectivity index (χ3v) is 5.26. The van der Waals surface area contributed by atoms with E-state index in [-0.39, 0.29) is 12.2 Å². The molecule has 0 spiro atoms. The van der Waals surface area contributed by atoms with Crippen molar-refractivity contribution in [3.63, 3.8) is 0 Å².